The SMILES string of the molecule is CCNC(C)c1ccc(OC)c(CN2CCCC2CC)c1. The monoisotopic (exact) mass is 290 g/mol. The summed E-state index contributed by atoms with van der Waals surface area (Å²) in [6, 6.07) is 7.74. The Labute approximate surface area is 129 Å². The highest BCUT2D eigenvalue weighted by molar-refractivity contribution is 5.38. The van der Waals surface area contributed by atoms with E-state index in [0.29, 0.717) is 6.04 Å². The van der Waals surface area contributed by atoms with Crippen molar-refractivity contribution in [3.63, 3.8) is 0 Å². The van der Waals surface area contributed by atoms with Crippen LogP contribution in [0.4, 0.5) is 0 Å². The minimum atomic E-state index is 0.389. The number of likely N-dealkylation sites (tertiary alicyclic amines) is 1. The van der Waals surface area contributed by atoms with Crippen molar-refractivity contribution in [2.24, 2.45) is 0 Å². The molecule has 1 aliphatic rings. The minimum absolute atomic E-state index is 0.389. The van der Waals surface area contributed by atoms with Crippen LogP contribution in [0, 0.1) is 0 Å². The summed E-state index contributed by atoms with van der Waals surface area (Å²) in [6.07, 6.45) is 3.91. The Morgan fingerprint density at radius 2 is 2.19 bits per heavy atom. The molecule has 0 bridgehead atoms. The van der Waals surface area contributed by atoms with Crippen molar-refractivity contribution < 1.29 is 4.74 Å². The summed E-state index contributed by atoms with van der Waals surface area (Å²) in [5.41, 5.74) is 2.67. The summed E-state index contributed by atoms with van der Waals surface area (Å²) >= 11 is 0. The average molecular weight is 290 g/mol. The number of ether oxygens (including phenoxy) is 1. The highest BCUT2D eigenvalue weighted by atomic mass is 16.5. The fraction of sp³-hybridized carbons (Fsp3) is 0.667. The van der Waals surface area contributed by atoms with Crippen molar-refractivity contribution in [2.75, 3.05) is 20.2 Å². The second-order valence-electron chi connectivity index (χ2n) is 6.03. The molecule has 0 saturated carbocycles. The van der Waals surface area contributed by atoms with E-state index in [1.807, 2.05) is 0 Å². The van der Waals surface area contributed by atoms with Crippen LogP contribution >= 0.6 is 0 Å². The molecule has 2 rings (SSSR count). The maximum absolute atomic E-state index is 5.57. The van der Waals surface area contributed by atoms with E-state index in [9.17, 15) is 0 Å². The first-order valence-corrected chi connectivity index (χ1v) is 8.33. The molecule has 1 aliphatic heterocycles. The van der Waals surface area contributed by atoms with E-state index in [4.69, 9.17) is 4.74 Å². The lowest BCUT2D eigenvalue weighted by molar-refractivity contribution is 0.236. The Hall–Kier alpha value is -1.06. The molecule has 1 saturated heterocycles. The lowest BCUT2D eigenvalue weighted by Crippen LogP contribution is -2.28. The van der Waals surface area contributed by atoms with Crippen LogP contribution in [-0.4, -0.2) is 31.1 Å². The largest absolute Gasteiger partial charge is 0.496 e. The van der Waals surface area contributed by atoms with Crippen molar-refractivity contribution in [3.05, 3.63) is 29.3 Å². The number of nitrogens with one attached hydrogen (secondary N) is 1. The fourth-order valence-electron chi connectivity index (χ4n) is 3.40. The van der Waals surface area contributed by atoms with Crippen LogP contribution in [0.2, 0.25) is 0 Å². The summed E-state index contributed by atoms with van der Waals surface area (Å²) in [4.78, 5) is 2.61. The predicted octanol–water partition coefficient (Wildman–Crippen LogP) is 3.74. The molecule has 1 heterocycles. The van der Waals surface area contributed by atoms with Gasteiger partial charge in [0.05, 0.1) is 7.11 Å². The van der Waals surface area contributed by atoms with Gasteiger partial charge in [0.25, 0.3) is 0 Å². The molecule has 21 heavy (non-hydrogen) atoms. The van der Waals surface area contributed by atoms with Gasteiger partial charge in [-0.25, -0.2) is 0 Å². The summed E-state index contributed by atoms with van der Waals surface area (Å²) < 4.78 is 5.57. The molecule has 1 N–H and O–H groups in total. The molecule has 3 heteroatoms. The molecule has 1 fully saturated rings. The molecule has 2 unspecified atom stereocenters. The van der Waals surface area contributed by atoms with Crippen molar-refractivity contribution in [1.29, 1.82) is 0 Å². The van der Waals surface area contributed by atoms with Gasteiger partial charge in [-0.3, -0.25) is 4.90 Å². The zero-order valence-electron chi connectivity index (χ0n) is 14.0. The van der Waals surface area contributed by atoms with Crippen LogP contribution in [-0.2, 0) is 6.54 Å². The van der Waals surface area contributed by atoms with Gasteiger partial charge < -0.3 is 10.1 Å². The third kappa shape index (κ3) is 3.98. The number of hydrogen-bond acceptors (Lipinski definition) is 3. The van der Waals surface area contributed by atoms with Gasteiger partial charge in [-0.1, -0.05) is 19.9 Å². The van der Waals surface area contributed by atoms with Gasteiger partial charge in [0, 0.05) is 24.2 Å². The zero-order valence-corrected chi connectivity index (χ0v) is 14.0. The molecule has 1 aromatic rings. The topological polar surface area (TPSA) is 24.5 Å². The molecule has 3 nitrogen and oxygen atoms in total. The van der Waals surface area contributed by atoms with Crippen LogP contribution in [0.15, 0.2) is 18.2 Å². The average Bonchev–Trinajstić information content (AvgIpc) is 2.94. The van der Waals surface area contributed by atoms with Gasteiger partial charge in [0.1, 0.15) is 5.75 Å². The zero-order chi connectivity index (χ0) is 15.2. The van der Waals surface area contributed by atoms with Crippen LogP contribution in [0.3, 0.4) is 0 Å². The first-order valence-electron chi connectivity index (χ1n) is 8.33. The van der Waals surface area contributed by atoms with E-state index < -0.39 is 0 Å². The van der Waals surface area contributed by atoms with Gasteiger partial charge >= 0.3 is 0 Å². The van der Waals surface area contributed by atoms with Crippen LogP contribution in [0.25, 0.3) is 0 Å². The van der Waals surface area contributed by atoms with Gasteiger partial charge in [0.2, 0.25) is 0 Å². The Kier molecular flexibility index (Phi) is 6.07. The molecule has 118 valence electrons. The minimum Gasteiger partial charge on any atom is -0.496 e. The van der Waals surface area contributed by atoms with Gasteiger partial charge in [-0.05, 0) is 57.0 Å². The van der Waals surface area contributed by atoms with E-state index in [-0.39, 0.29) is 0 Å². The van der Waals surface area contributed by atoms with Crippen molar-refractivity contribution in [1.82, 2.24) is 10.2 Å². The van der Waals surface area contributed by atoms with Crippen molar-refractivity contribution in [3.8, 4) is 5.75 Å². The van der Waals surface area contributed by atoms with Gasteiger partial charge in [-0.2, -0.15) is 0 Å². The maximum atomic E-state index is 5.57. The van der Waals surface area contributed by atoms with E-state index in [1.165, 1.54) is 36.9 Å². The quantitative estimate of drug-likeness (QED) is 0.828. The molecular weight excluding hydrogens is 260 g/mol. The lowest BCUT2D eigenvalue weighted by atomic mass is 10.0. The third-order valence-corrected chi connectivity index (χ3v) is 4.66. The standard InChI is InChI=1S/C18H30N2O/c1-5-17-8-7-11-20(17)13-16-12-15(14(3)19-6-2)9-10-18(16)21-4/h9-10,12,14,17,19H,5-8,11,13H2,1-4H3. The summed E-state index contributed by atoms with van der Waals surface area (Å²) in [5.74, 6) is 1.02. The smallest absolute Gasteiger partial charge is 0.123 e. The molecule has 0 amide bonds. The van der Waals surface area contributed by atoms with E-state index in [1.54, 1.807) is 7.11 Å². The van der Waals surface area contributed by atoms with Crippen LogP contribution < -0.4 is 10.1 Å². The van der Waals surface area contributed by atoms with E-state index in [0.717, 1.165) is 24.9 Å². The molecule has 0 aromatic heterocycles. The normalized spacial score (nSPS) is 20.7. The first kappa shape index (κ1) is 16.3. The Morgan fingerprint density at radius 3 is 2.86 bits per heavy atom. The molecule has 0 aliphatic carbocycles. The number of methoxy groups -OCH3 is 1. The van der Waals surface area contributed by atoms with Crippen LogP contribution in [0.1, 0.15) is 57.2 Å². The van der Waals surface area contributed by atoms with Crippen molar-refractivity contribution in [2.45, 2.75) is 58.7 Å². The summed E-state index contributed by atoms with van der Waals surface area (Å²) in [5, 5.41) is 3.49. The van der Waals surface area contributed by atoms with E-state index >= 15 is 0 Å². The number of rotatable bonds is 7. The molecule has 1 aromatic carbocycles. The van der Waals surface area contributed by atoms with Crippen molar-refractivity contribution >= 4 is 0 Å². The first-order chi connectivity index (χ1) is 10.2. The molecule has 0 spiro atoms. The second-order valence-corrected chi connectivity index (χ2v) is 6.03. The Balaban J connectivity index is 2.17. The Bertz CT molecular complexity index is 447. The molecule has 0 radical (unpaired) electrons. The van der Waals surface area contributed by atoms with Crippen LogP contribution in [0.5, 0.6) is 5.75 Å². The summed E-state index contributed by atoms with van der Waals surface area (Å²) in [6.45, 7) is 9.89. The highest BCUT2D eigenvalue weighted by Crippen LogP contribution is 2.28. The molecular formula is C18H30N2O. The predicted molar refractivity (Wildman–Crippen MR) is 88.8 cm³/mol. The second kappa shape index (κ2) is 7.81. The lowest BCUT2D eigenvalue weighted by Gasteiger charge is -2.25. The fourth-order valence-corrected chi connectivity index (χ4v) is 3.40. The molecule has 2 atom stereocenters. The van der Waals surface area contributed by atoms with Gasteiger partial charge in [-0.15, -0.1) is 0 Å². The number of benzene rings is 1. The van der Waals surface area contributed by atoms with Gasteiger partial charge in [0.15, 0.2) is 0 Å². The van der Waals surface area contributed by atoms with E-state index in [2.05, 4.69) is 49.2 Å². The highest BCUT2D eigenvalue weighted by Gasteiger charge is 2.23. The number of hydrogen-bond donors (Lipinski definition) is 1. The Morgan fingerprint density at radius 1 is 1.38 bits per heavy atom. The maximum Gasteiger partial charge on any atom is 0.123 e. The number of nitrogens with zero attached hydrogens (tertiary/aromatic N) is 1. The third-order valence-electron chi connectivity index (χ3n) is 4.66. The summed E-state index contributed by atoms with van der Waals surface area (Å²) in [7, 11) is 1.77.